The molecule has 0 saturated carbocycles. The molecule has 1 aromatic rings. The van der Waals surface area contributed by atoms with Gasteiger partial charge in [0.15, 0.2) is 5.78 Å². The SMILES string of the molecule is CCOC(C)C(=O)Cc1ccc(Cl)s1. The summed E-state index contributed by atoms with van der Waals surface area (Å²) in [5, 5.41) is 0. The lowest BCUT2D eigenvalue weighted by atomic mass is 10.2. The van der Waals surface area contributed by atoms with E-state index < -0.39 is 0 Å². The van der Waals surface area contributed by atoms with E-state index in [2.05, 4.69) is 0 Å². The van der Waals surface area contributed by atoms with Gasteiger partial charge in [-0.2, -0.15) is 0 Å². The van der Waals surface area contributed by atoms with Crippen LogP contribution < -0.4 is 0 Å². The van der Waals surface area contributed by atoms with Gasteiger partial charge in [-0.05, 0) is 26.0 Å². The zero-order valence-corrected chi connectivity index (χ0v) is 9.82. The van der Waals surface area contributed by atoms with E-state index in [1.54, 1.807) is 13.0 Å². The Morgan fingerprint density at radius 2 is 2.36 bits per heavy atom. The average molecular weight is 233 g/mol. The quantitative estimate of drug-likeness (QED) is 0.780. The van der Waals surface area contributed by atoms with Crippen LogP contribution in [-0.4, -0.2) is 18.5 Å². The van der Waals surface area contributed by atoms with Crippen molar-refractivity contribution >= 4 is 28.7 Å². The standard InChI is InChI=1S/C10H13ClO2S/c1-3-13-7(2)9(12)6-8-4-5-10(11)14-8/h4-5,7H,3,6H2,1-2H3. The minimum Gasteiger partial charge on any atom is -0.371 e. The maximum Gasteiger partial charge on any atom is 0.166 e. The molecule has 0 aliphatic heterocycles. The molecule has 78 valence electrons. The van der Waals surface area contributed by atoms with Crippen molar-refractivity contribution in [1.29, 1.82) is 0 Å². The number of thiophene rings is 1. The predicted molar refractivity (Wildman–Crippen MR) is 59.1 cm³/mol. The maximum atomic E-state index is 11.6. The molecule has 1 unspecified atom stereocenters. The van der Waals surface area contributed by atoms with Crippen LogP contribution in [0, 0.1) is 0 Å². The summed E-state index contributed by atoms with van der Waals surface area (Å²) < 4.78 is 5.92. The van der Waals surface area contributed by atoms with Gasteiger partial charge in [-0.1, -0.05) is 11.6 Å². The molecule has 0 fully saturated rings. The topological polar surface area (TPSA) is 26.3 Å². The summed E-state index contributed by atoms with van der Waals surface area (Å²) in [5.41, 5.74) is 0. The summed E-state index contributed by atoms with van der Waals surface area (Å²) in [4.78, 5) is 12.5. The van der Waals surface area contributed by atoms with Crippen LogP contribution >= 0.6 is 22.9 Å². The minimum absolute atomic E-state index is 0.102. The van der Waals surface area contributed by atoms with E-state index in [0.717, 1.165) is 9.21 Å². The Balaban J connectivity index is 2.48. The molecular weight excluding hydrogens is 220 g/mol. The van der Waals surface area contributed by atoms with Gasteiger partial charge in [0.25, 0.3) is 0 Å². The lowest BCUT2D eigenvalue weighted by molar-refractivity contribution is -0.128. The molecule has 1 atom stereocenters. The second-order valence-corrected chi connectivity index (χ2v) is 4.75. The van der Waals surface area contributed by atoms with Crippen LogP contribution in [0.4, 0.5) is 0 Å². The summed E-state index contributed by atoms with van der Waals surface area (Å²) in [6.07, 6.45) is 0.0966. The Morgan fingerprint density at radius 3 is 2.86 bits per heavy atom. The van der Waals surface area contributed by atoms with Crippen molar-refractivity contribution in [3.05, 3.63) is 21.3 Å². The lowest BCUT2D eigenvalue weighted by Crippen LogP contribution is -2.22. The molecule has 4 heteroatoms. The van der Waals surface area contributed by atoms with Crippen molar-refractivity contribution < 1.29 is 9.53 Å². The predicted octanol–water partition coefficient (Wildman–Crippen LogP) is 2.94. The van der Waals surface area contributed by atoms with Gasteiger partial charge in [-0.25, -0.2) is 0 Å². The first-order valence-electron chi connectivity index (χ1n) is 4.52. The third-order valence-corrected chi connectivity index (χ3v) is 3.08. The van der Waals surface area contributed by atoms with Gasteiger partial charge < -0.3 is 4.74 Å². The Labute approximate surface area is 92.8 Å². The molecule has 0 aliphatic carbocycles. The van der Waals surface area contributed by atoms with E-state index in [1.165, 1.54) is 11.3 Å². The smallest absolute Gasteiger partial charge is 0.166 e. The normalized spacial score (nSPS) is 12.8. The van der Waals surface area contributed by atoms with E-state index in [9.17, 15) is 4.79 Å². The Bertz CT molecular complexity index is 309. The first kappa shape index (κ1) is 11.7. The van der Waals surface area contributed by atoms with Gasteiger partial charge in [0.1, 0.15) is 6.10 Å². The first-order chi connectivity index (χ1) is 6.63. The first-order valence-corrected chi connectivity index (χ1v) is 5.71. The molecule has 2 nitrogen and oxygen atoms in total. The van der Waals surface area contributed by atoms with Crippen molar-refractivity contribution in [1.82, 2.24) is 0 Å². The van der Waals surface area contributed by atoms with Crippen molar-refractivity contribution in [3.63, 3.8) is 0 Å². The number of rotatable bonds is 5. The zero-order chi connectivity index (χ0) is 10.6. The van der Waals surface area contributed by atoms with Crippen LogP contribution in [0.15, 0.2) is 12.1 Å². The summed E-state index contributed by atoms with van der Waals surface area (Å²) in [7, 11) is 0. The van der Waals surface area contributed by atoms with Crippen LogP contribution in [0.3, 0.4) is 0 Å². The number of halogens is 1. The molecule has 0 aromatic carbocycles. The highest BCUT2D eigenvalue weighted by Gasteiger charge is 2.13. The number of carbonyl (C=O) groups excluding carboxylic acids is 1. The van der Waals surface area contributed by atoms with Crippen LogP contribution in [0.1, 0.15) is 18.7 Å². The van der Waals surface area contributed by atoms with Crippen LogP contribution in [0.2, 0.25) is 4.34 Å². The van der Waals surface area contributed by atoms with E-state index in [-0.39, 0.29) is 11.9 Å². The average Bonchev–Trinajstić information content (AvgIpc) is 2.51. The molecule has 1 rings (SSSR count). The molecule has 0 radical (unpaired) electrons. The second kappa shape index (κ2) is 5.49. The summed E-state index contributed by atoms with van der Waals surface area (Å²) >= 11 is 7.20. The number of carbonyl (C=O) groups is 1. The molecule has 0 bridgehead atoms. The molecule has 1 heterocycles. The van der Waals surface area contributed by atoms with Crippen molar-refractivity contribution in [2.75, 3.05) is 6.61 Å². The fraction of sp³-hybridized carbons (Fsp3) is 0.500. The van der Waals surface area contributed by atoms with E-state index in [0.29, 0.717) is 13.0 Å². The molecule has 14 heavy (non-hydrogen) atoms. The van der Waals surface area contributed by atoms with Gasteiger partial charge >= 0.3 is 0 Å². The third-order valence-electron chi connectivity index (χ3n) is 1.85. The largest absolute Gasteiger partial charge is 0.371 e. The number of hydrogen-bond acceptors (Lipinski definition) is 3. The molecule has 0 saturated heterocycles. The highest BCUT2D eigenvalue weighted by Crippen LogP contribution is 2.22. The van der Waals surface area contributed by atoms with Crippen LogP contribution in [-0.2, 0) is 16.0 Å². The molecular formula is C10H13ClO2S. The van der Waals surface area contributed by atoms with Gasteiger partial charge in [-0.3, -0.25) is 4.79 Å². The Kier molecular flexibility index (Phi) is 4.58. The molecule has 0 amide bonds. The van der Waals surface area contributed by atoms with Crippen molar-refractivity contribution in [2.24, 2.45) is 0 Å². The van der Waals surface area contributed by atoms with E-state index in [1.807, 2.05) is 13.0 Å². The number of ether oxygens (including phenoxy) is 1. The minimum atomic E-state index is -0.319. The van der Waals surface area contributed by atoms with Gasteiger partial charge in [0.2, 0.25) is 0 Å². The van der Waals surface area contributed by atoms with E-state index >= 15 is 0 Å². The maximum absolute atomic E-state index is 11.6. The van der Waals surface area contributed by atoms with Crippen molar-refractivity contribution in [3.8, 4) is 0 Å². The van der Waals surface area contributed by atoms with Gasteiger partial charge in [0.05, 0.1) is 4.34 Å². The second-order valence-electron chi connectivity index (χ2n) is 2.95. The van der Waals surface area contributed by atoms with Crippen LogP contribution in [0.25, 0.3) is 0 Å². The summed E-state index contributed by atoms with van der Waals surface area (Å²) in [6, 6.07) is 3.68. The highest BCUT2D eigenvalue weighted by atomic mass is 35.5. The fourth-order valence-corrected chi connectivity index (χ4v) is 2.20. The molecule has 0 aliphatic rings. The van der Waals surface area contributed by atoms with Crippen LogP contribution in [0.5, 0.6) is 0 Å². The number of Topliss-reactive ketones (excluding diaryl/α,β-unsaturated/α-hetero) is 1. The summed E-state index contributed by atoms with van der Waals surface area (Å²) in [5.74, 6) is 0.102. The fourth-order valence-electron chi connectivity index (χ4n) is 1.11. The Hall–Kier alpha value is -0.380. The Morgan fingerprint density at radius 1 is 1.64 bits per heavy atom. The highest BCUT2D eigenvalue weighted by molar-refractivity contribution is 7.16. The molecule has 0 N–H and O–H groups in total. The van der Waals surface area contributed by atoms with Crippen molar-refractivity contribution in [2.45, 2.75) is 26.4 Å². The molecule has 1 aromatic heterocycles. The summed E-state index contributed by atoms with van der Waals surface area (Å²) in [6.45, 7) is 4.23. The van der Waals surface area contributed by atoms with Gasteiger partial charge in [0, 0.05) is 17.9 Å². The third kappa shape index (κ3) is 3.40. The zero-order valence-electron chi connectivity index (χ0n) is 8.25. The number of hydrogen-bond donors (Lipinski definition) is 0. The number of ketones is 1. The molecule has 0 spiro atoms. The van der Waals surface area contributed by atoms with Gasteiger partial charge in [-0.15, -0.1) is 11.3 Å². The van der Waals surface area contributed by atoms with E-state index in [4.69, 9.17) is 16.3 Å². The monoisotopic (exact) mass is 232 g/mol. The lowest BCUT2D eigenvalue weighted by Gasteiger charge is -2.08.